The molecule has 3 aromatic rings. The molecule has 2 N–H and O–H groups in total. The molecule has 0 saturated heterocycles. The first-order valence-electron chi connectivity index (χ1n) is 8.30. The van der Waals surface area contributed by atoms with Crippen molar-refractivity contribution in [1.82, 2.24) is 15.1 Å². The SMILES string of the molecule is Cn1nc(C(=O)NCCc2ccco2)cc1NC(=O)Cc1ccccc1. The smallest absolute Gasteiger partial charge is 0.271 e. The molecule has 0 bridgehead atoms. The zero-order chi connectivity index (χ0) is 18.4. The van der Waals surface area contributed by atoms with E-state index in [1.807, 2.05) is 36.4 Å². The summed E-state index contributed by atoms with van der Waals surface area (Å²) < 4.78 is 6.69. The van der Waals surface area contributed by atoms with Crippen molar-refractivity contribution in [2.75, 3.05) is 11.9 Å². The quantitative estimate of drug-likeness (QED) is 0.682. The van der Waals surface area contributed by atoms with Crippen LogP contribution in [0.1, 0.15) is 21.8 Å². The van der Waals surface area contributed by atoms with Gasteiger partial charge in [-0.15, -0.1) is 0 Å². The average molecular weight is 352 g/mol. The van der Waals surface area contributed by atoms with Gasteiger partial charge in [0.2, 0.25) is 5.91 Å². The number of anilines is 1. The summed E-state index contributed by atoms with van der Waals surface area (Å²) >= 11 is 0. The van der Waals surface area contributed by atoms with E-state index < -0.39 is 0 Å². The predicted molar refractivity (Wildman–Crippen MR) is 96.7 cm³/mol. The van der Waals surface area contributed by atoms with Crippen molar-refractivity contribution in [3.63, 3.8) is 0 Å². The summed E-state index contributed by atoms with van der Waals surface area (Å²) in [4.78, 5) is 24.3. The molecule has 7 nitrogen and oxygen atoms in total. The molecule has 1 aromatic carbocycles. The lowest BCUT2D eigenvalue weighted by molar-refractivity contribution is -0.115. The fraction of sp³-hybridized carbons (Fsp3) is 0.211. The Hall–Kier alpha value is -3.35. The van der Waals surface area contributed by atoms with Crippen LogP contribution in [0.15, 0.2) is 59.2 Å². The number of nitrogens with one attached hydrogen (secondary N) is 2. The van der Waals surface area contributed by atoms with Gasteiger partial charge in [-0.2, -0.15) is 5.10 Å². The number of aromatic nitrogens is 2. The maximum absolute atomic E-state index is 12.2. The molecular formula is C19H20N4O3. The minimum Gasteiger partial charge on any atom is -0.469 e. The van der Waals surface area contributed by atoms with E-state index in [9.17, 15) is 9.59 Å². The Bertz CT molecular complexity index is 870. The summed E-state index contributed by atoms with van der Waals surface area (Å²) in [6.45, 7) is 0.443. The van der Waals surface area contributed by atoms with Crippen LogP contribution in [0.2, 0.25) is 0 Å². The number of amides is 2. The van der Waals surface area contributed by atoms with Crippen LogP contribution in [0, 0.1) is 0 Å². The molecule has 0 spiro atoms. The Labute approximate surface area is 151 Å². The van der Waals surface area contributed by atoms with E-state index in [0.717, 1.165) is 11.3 Å². The fourth-order valence-corrected chi connectivity index (χ4v) is 2.51. The Kier molecular flexibility index (Phi) is 5.48. The van der Waals surface area contributed by atoms with Crippen molar-refractivity contribution in [3.8, 4) is 0 Å². The molecule has 0 aliphatic carbocycles. The fourth-order valence-electron chi connectivity index (χ4n) is 2.51. The predicted octanol–water partition coefficient (Wildman–Crippen LogP) is 2.17. The summed E-state index contributed by atoms with van der Waals surface area (Å²) in [5, 5.41) is 9.72. The number of carbonyl (C=O) groups excluding carboxylic acids is 2. The highest BCUT2D eigenvalue weighted by Gasteiger charge is 2.14. The molecule has 0 fully saturated rings. The van der Waals surface area contributed by atoms with Crippen LogP contribution < -0.4 is 10.6 Å². The van der Waals surface area contributed by atoms with Gasteiger partial charge < -0.3 is 15.1 Å². The number of carbonyl (C=O) groups is 2. The van der Waals surface area contributed by atoms with Gasteiger partial charge in [-0.1, -0.05) is 30.3 Å². The zero-order valence-electron chi connectivity index (χ0n) is 14.4. The average Bonchev–Trinajstić information content (AvgIpc) is 3.26. The first-order chi connectivity index (χ1) is 12.6. The van der Waals surface area contributed by atoms with Gasteiger partial charge in [0, 0.05) is 26.1 Å². The van der Waals surface area contributed by atoms with Gasteiger partial charge in [0.1, 0.15) is 11.6 Å². The second-order valence-electron chi connectivity index (χ2n) is 5.83. The lowest BCUT2D eigenvalue weighted by atomic mass is 10.1. The van der Waals surface area contributed by atoms with Crippen LogP contribution in [-0.4, -0.2) is 28.1 Å². The molecule has 26 heavy (non-hydrogen) atoms. The number of nitrogens with zero attached hydrogens (tertiary/aromatic N) is 2. The number of aryl methyl sites for hydroxylation is 1. The summed E-state index contributed by atoms with van der Waals surface area (Å²) in [6, 6.07) is 14.7. The molecule has 0 saturated carbocycles. The molecule has 3 rings (SSSR count). The third-order valence-electron chi connectivity index (χ3n) is 3.82. The van der Waals surface area contributed by atoms with Crippen LogP contribution in [0.4, 0.5) is 5.82 Å². The van der Waals surface area contributed by atoms with Gasteiger partial charge in [-0.3, -0.25) is 14.3 Å². The van der Waals surface area contributed by atoms with Crippen molar-refractivity contribution < 1.29 is 14.0 Å². The third kappa shape index (κ3) is 4.60. The molecule has 7 heteroatoms. The van der Waals surface area contributed by atoms with Crippen molar-refractivity contribution in [1.29, 1.82) is 0 Å². The number of hydrogen-bond donors (Lipinski definition) is 2. The Balaban J connectivity index is 1.54. The maximum Gasteiger partial charge on any atom is 0.271 e. The molecular weight excluding hydrogens is 332 g/mol. The third-order valence-corrected chi connectivity index (χ3v) is 3.82. The normalized spacial score (nSPS) is 10.5. The van der Waals surface area contributed by atoms with Crippen molar-refractivity contribution in [3.05, 3.63) is 71.8 Å². The number of furan rings is 1. The van der Waals surface area contributed by atoms with Gasteiger partial charge in [-0.25, -0.2) is 0 Å². The molecule has 0 atom stereocenters. The molecule has 134 valence electrons. The van der Waals surface area contributed by atoms with Gasteiger partial charge in [0.05, 0.1) is 12.7 Å². The van der Waals surface area contributed by atoms with Crippen molar-refractivity contribution in [2.45, 2.75) is 12.8 Å². The van der Waals surface area contributed by atoms with Crippen LogP contribution in [-0.2, 0) is 24.7 Å². The summed E-state index contributed by atoms with van der Waals surface area (Å²) in [5.41, 5.74) is 1.17. The van der Waals surface area contributed by atoms with Crippen molar-refractivity contribution in [2.24, 2.45) is 7.05 Å². The second kappa shape index (κ2) is 8.15. The zero-order valence-corrected chi connectivity index (χ0v) is 14.4. The van der Waals surface area contributed by atoms with Gasteiger partial charge in [0.15, 0.2) is 5.69 Å². The largest absolute Gasteiger partial charge is 0.469 e. The van der Waals surface area contributed by atoms with E-state index in [4.69, 9.17) is 4.42 Å². The van der Waals surface area contributed by atoms with Crippen LogP contribution in [0.25, 0.3) is 0 Å². The van der Waals surface area contributed by atoms with E-state index in [1.165, 1.54) is 4.68 Å². The summed E-state index contributed by atoms with van der Waals surface area (Å²) in [5.74, 6) is 0.821. The Morgan fingerprint density at radius 1 is 1.15 bits per heavy atom. The molecule has 0 aliphatic rings. The summed E-state index contributed by atoms with van der Waals surface area (Å²) in [6.07, 6.45) is 2.46. The van der Waals surface area contributed by atoms with E-state index in [-0.39, 0.29) is 23.9 Å². The molecule has 2 amide bonds. The maximum atomic E-state index is 12.2. The molecule has 2 heterocycles. The highest BCUT2D eigenvalue weighted by Crippen LogP contribution is 2.10. The highest BCUT2D eigenvalue weighted by molar-refractivity contribution is 5.95. The van der Waals surface area contributed by atoms with Gasteiger partial charge in [0.25, 0.3) is 5.91 Å². The number of hydrogen-bond acceptors (Lipinski definition) is 4. The first-order valence-corrected chi connectivity index (χ1v) is 8.30. The molecule has 0 aliphatic heterocycles. The lowest BCUT2D eigenvalue weighted by Gasteiger charge is -2.04. The minimum atomic E-state index is -0.296. The Morgan fingerprint density at radius 2 is 1.96 bits per heavy atom. The Morgan fingerprint density at radius 3 is 2.69 bits per heavy atom. The number of rotatable bonds is 7. The van der Waals surface area contributed by atoms with Gasteiger partial charge in [-0.05, 0) is 17.7 Å². The first kappa shape index (κ1) is 17.5. The van der Waals surface area contributed by atoms with Crippen LogP contribution in [0.3, 0.4) is 0 Å². The standard InChI is InChI=1S/C19H20N4O3/c1-23-17(21-18(24)12-14-6-3-2-4-7-14)13-16(22-23)19(25)20-10-9-15-8-5-11-26-15/h2-8,11,13H,9-10,12H2,1H3,(H,20,25)(H,21,24). The summed E-state index contributed by atoms with van der Waals surface area (Å²) in [7, 11) is 1.68. The van der Waals surface area contributed by atoms with Crippen LogP contribution in [0.5, 0.6) is 0 Å². The van der Waals surface area contributed by atoms with E-state index in [1.54, 1.807) is 25.4 Å². The van der Waals surface area contributed by atoms with Crippen LogP contribution >= 0.6 is 0 Å². The molecule has 2 aromatic heterocycles. The van der Waals surface area contributed by atoms with Gasteiger partial charge >= 0.3 is 0 Å². The molecule has 0 radical (unpaired) electrons. The van der Waals surface area contributed by atoms with E-state index in [0.29, 0.717) is 18.8 Å². The lowest BCUT2D eigenvalue weighted by Crippen LogP contribution is -2.26. The molecule has 0 unspecified atom stereocenters. The monoisotopic (exact) mass is 352 g/mol. The van der Waals surface area contributed by atoms with Crippen molar-refractivity contribution >= 4 is 17.6 Å². The van der Waals surface area contributed by atoms with E-state index in [2.05, 4.69) is 15.7 Å². The topological polar surface area (TPSA) is 89.2 Å². The number of benzene rings is 1. The van der Waals surface area contributed by atoms with E-state index >= 15 is 0 Å². The second-order valence-corrected chi connectivity index (χ2v) is 5.83. The highest BCUT2D eigenvalue weighted by atomic mass is 16.3. The minimum absolute atomic E-state index is 0.163.